The summed E-state index contributed by atoms with van der Waals surface area (Å²) in [5.74, 6) is 0. The molecule has 5 rings (SSSR count). The minimum atomic E-state index is -0.111. The predicted octanol–water partition coefficient (Wildman–Crippen LogP) is 7.27. The summed E-state index contributed by atoms with van der Waals surface area (Å²) in [6.07, 6.45) is 7.49. The second kappa shape index (κ2) is 7.11. The lowest BCUT2D eigenvalue weighted by Crippen LogP contribution is -2.30. The van der Waals surface area contributed by atoms with Gasteiger partial charge in [-0.3, -0.25) is 0 Å². The zero-order chi connectivity index (χ0) is 20.7. The normalized spacial score (nSPS) is 18.5. The second-order valence-corrected chi connectivity index (χ2v) is 8.39. The van der Waals surface area contributed by atoms with Gasteiger partial charge in [-0.15, -0.1) is 6.58 Å². The Bertz CT molecular complexity index is 1360. The monoisotopic (exact) mass is 388 g/mol. The van der Waals surface area contributed by atoms with E-state index in [-0.39, 0.29) is 5.41 Å². The molecule has 30 heavy (non-hydrogen) atoms. The molecule has 0 aromatic heterocycles. The lowest BCUT2D eigenvalue weighted by Gasteiger charge is -2.22. The molecule has 0 saturated carbocycles. The highest BCUT2D eigenvalue weighted by molar-refractivity contribution is 6.09. The van der Waals surface area contributed by atoms with Gasteiger partial charge < -0.3 is 0 Å². The van der Waals surface area contributed by atoms with Gasteiger partial charge in [0, 0.05) is 17.7 Å². The van der Waals surface area contributed by atoms with Gasteiger partial charge in [-0.2, -0.15) is 4.58 Å². The van der Waals surface area contributed by atoms with Gasteiger partial charge in [0.15, 0.2) is 5.71 Å². The maximum Gasteiger partial charge on any atom is 0.210 e. The fourth-order valence-electron chi connectivity index (χ4n) is 5.03. The largest absolute Gasteiger partial charge is 0.210 e. The molecule has 0 amide bonds. The van der Waals surface area contributed by atoms with Crippen LogP contribution in [0.15, 0.2) is 97.6 Å². The van der Waals surface area contributed by atoms with Crippen molar-refractivity contribution >= 4 is 39.0 Å². The second-order valence-electron chi connectivity index (χ2n) is 8.39. The third-order valence-electron chi connectivity index (χ3n) is 6.51. The van der Waals surface area contributed by atoms with Crippen molar-refractivity contribution in [2.45, 2.75) is 18.8 Å². The Morgan fingerprint density at radius 1 is 0.833 bits per heavy atom. The average Bonchev–Trinajstić information content (AvgIpc) is 2.99. The molecule has 1 aliphatic rings. The number of fused-ring (bicyclic) bond motifs is 4. The summed E-state index contributed by atoms with van der Waals surface area (Å²) >= 11 is 0. The van der Waals surface area contributed by atoms with Gasteiger partial charge in [0.2, 0.25) is 5.69 Å². The lowest BCUT2D eigenvalue weighted by atomic mass is 9.74. The number of benzene rings is 4. The van der Waals surface area contributed by atoms with Crippen LogP contribution in [-0.2, 0) is 5.41 Å². The zero-order valence-corrected chi connectivity index (χ0v) is 17.6. The molecule has 0 aliphatic carbocycles. The van der Waals surface area contributed by atoms with E-state index in [9.17, 15) is 0 Å². The van der Waals surface area contributed by atoms with E-state index in [1.807, 2.05) is 0 Å². The summed E-state index contributed by atoms with van der Waals surface area (Å²) < 4.78 is 2.35. The van der Waals surface area contributed by atoms with Gasteiger partial charge in [0.25, 0.3) is 0 Å². The Hall–Kier alpha value is -3.45. The molecule has 1 heterocycles. The molecule has 1 nitrogen and oxygen atoms in total. The van der Waals surface area contributed by atoms with Gasteiger partial charge >= 0.3 is 0 Å². The highest BCUT2D eigenvalue weighted by Crippen LogP contribution is 2.46. The van der Waals surface area contributed by atoms with E-state index in [0.717, 1.165) is 6.42 Å². The fourth-order valence-corrected chi connectivity index (χ4v) is 5.03. The summed E-state index contributed by atoms with van der Waals surface area (Å²) in [5, 5.41) is 5.17. The first kappa shape index (κ1) is 18.6. The van der Waals surface area contributed by atoms with Gasteiger partial charge in [0.1, 0.15) is 7.05 Å². The van der Waals surface area contributed by atoms with E-state index >= 15 is 0 Å². The zero-order valence-electron chi connectivity index (χ0n) is 17.6. The summed E-state index contributed by atoms with van der Waals surface area (Å²) in [5.41, 5.74) is 5.11. The van der Waals surface area contributed by atoms with Crippen LogP contribution in [0.3, 0.4) is 0 Å². The maximum absolute atomic E-state index is 4.08. The quantitative estimate of drug-likeness (QED) is 0.255. The van der Waals surface area contributed by atoms with Crippen molar-refractivity contribution in [3.05, 3.63) is 109 Å². The van der Waals surface area contributed by atoms with E-state index in [2.05, 4.69) is 122 Å². The van der Waals surface area contributed by atoms with E-state index in [0.29, 0.717) is 0 Å². The van der Waals surface area contributed by atoms with Crippen LogP contribution in [0.2, 0.25) is 0 Å². The van der Waals surface area contributed by atoms with Crippen molar-refractivity contribution < 1.29 is 4.58 Å². The predicted molar refractivity (Wildman–Crippen MR) is 130 cm³/mol. The number of hydrogen-bond acceptors (Lipinski definition) is 0. The minimum absolute atomic E-state index is 0.111. The van der Waals surface area contributed by atoms with Crippen molar-refractivity contribution in [2.75, 3.05) is 7.05 Å². The van der Waals surface area contributed by atoms with Gasteiger partial charge in [0.05, 0.1) is 5.41 Å². The first-order chi connectivity index (χ1) is 14.6. The van der Waals surface area contributed by atoms with Crippen LogP contribution < -0.4 is 0 Å². The maximum atomic E-state index is 4.08. The summed E-state index contributed by atoms with van der Waals surface area (Å²) in [7, 11) is 2.18. The molecule has 1 atom stereocenters. The Morgan fingerprint density at radius 3 is 2.33 bits per heavy atom. The van der Waals surface area contributed by atoms with Crippen molar-refractivity contribution in [2.24, 2.45) is 0 Å². The molecule has 1 aliphatic heterocycles. The van der Waals surface area contributed by atoms with Crippen LogP contribution in [0.1, 0.15) is 24.5 Å². The van der Waals surface area contributed by atoms with Crippen molar-refractivity contribution in [3.63, 3.8) is 0 Å². The average molecular weight is 389 g/mol. The molecular formula is C29H26N+. The van der Waals surface area contributed by atoms with Crippen LogP contribution in [0.5, 0.6) is 0 Å². The molecule has 4 aromatic carbocycles. The van der Waals surface area contributed by atoms with Crippen LogP contribution in [-0.4, -0.2) is 17.3 Å². The Kier molecular flexibility index (Phi) is 4.40. The molecule has 0 saturated heterocycles. The first-order valence-corrected chi connectivity index (χ1v) is 10.5. The Morgan fingerprint density at radius 2 is 1.53 bits per heavy atom. The van der Waals surface area contributed by atoms with Crippen LogP contribution in [0.25, 0.3) is 27.6 Å². The highest BCUT2D eigenvalue weighted by Gasteiger charge is 2.46. The molecule has 0 spiro atoms. The smallest absolute Gasteiger partial charge is 0.198 e. The molecule has 1 heteroatoms. The Balaban J connectivity index is 1.64. The summed E-state index contributed by atoms with van der Waals surface area (Å²) in [6, 6.07) is 28.4. The van der Waals surface area contributed by atoms with E-state index in [4.69, 9.17) is 0 Å². The Labute approximate surface area is 178 Å². The molecule has 0 radical (unpaired) electrons. The van der Waals surface area contributed by atoms with Gasteiger partial charge in [-0.25, -0.2) is 0 Å². The molecule has 0 N–H and O–H groups in total. The van der Waals surface area contributed by atoms with Crippen LogP contribution >= 0.6 is 0 Å². The SMILES string of the molecule is C=CCC1(C)C(C=Cc2ccc3ccccc3c2)=[N+](C)c2ccc3ccccc3c21. The molecular weight excluding hydrogens is 362 g/mol. The lowest BCUT2D eigenvalue weighted by molar-refractivity contribution is -0.401. The van der Waals surface area contributed by atoms with E-state index in [1.165, 1.54) is 44.1 Å². The molecule has 0 bridgehead atoms. The van der Waals surface area contributed by atoms with Gasteiger partial charge in [-0.05, 0) is 58.7 Å². The van der Waals surface area contributed by atoms with Crippen molar-refractivity contribution in [1.29, 1.82) is 0 Å². The molecule has 4 aromatic rings. The fraction of sp³-hybridized carbons (Fsp3) is 0.138. The minimum Gasteiger partial charge on any atom is -0.198 e. The van der Waals surface area contributed by atoms with Gasteiger partial charge in [-0.1, -0.05) is 66.7 Å². The third kappa shape index (κ3) is 2.81. The van der Waals surface area contributed by atoms with Crippen molar-refractivity contribution in [3.8, 4) is 0 Å². The summed E-state index contributed by atoms with van der Waals surface area (Å²) in [4.78, 5) is 0. The number of hydrogen-bond donors (Lipinski definition) is 0. The standard InChI is InChI=1S/C29H26N/c1-4-19-29(2)27(18-14-21-13-15-22-9-5-6-11-24(22)20-21)30(3)26-17-16-23-10-7-8-12-25(23)28(26)29/h4-18,20H,1,19H2,2-3H3/q+1. The number of rotatable bonds is 4. The molecule has 1 unspecified atom stereocenters. The first-order valence-electron chi connectivity index (χ1n) is 10.5. The highest BCUT2D eigenvalue weighted by atomic mass is 15.0. The number of allylic oxidation sites excluding steroid dienone is 2. The summed E-state index contributed by atoms with van der Waals surface area (Å²) in [6.45, 7) is 6.43. The third-order valence-corrected chi connectivity index (χ3v) is 6.51. The van der Waals surface area contributed by atoms with E-state index < -0.39 is 0 Å². The van der Waals surface area contributed by atoms with E-state index in [1.54, 1.807) is 0 Å². The van der Waals surface area contributed by atoms with Crippen LogP contribution in [0.4, 0.5) is 5.69 Å². The van der Waals surface area contributed by atoms with Crippen molar-refractivity contribution in [1.82, 2.24) is 0 Å². The molecule has 146 valence electrons. The molecule has 0 fully saturated rings. The van der Waals surface area contributed by atoms with Crippen LogP contribution in [0, 0.1) is 0 Å². The number of nitrogens with zero attached hydrogens (tertiary/aromatic N) is 1. The topological polar surface area (TPSA) is 3.01 Å².